The second-order valence-corrected chi connectivity index (χ2v) is 8.89. The summed E-state index contributed by atoms with van der Waals surface area (Å²) >= 11 is 0. The molecule has 0 aliphatic rings. The number of benzene rings is 1. The van der Waals surface area contributed by atoms with Crippen LogP contribution >= 0.6 is 7.60 Å². The molecule has 0 spiro atoms. The normalized spacial score (nSPS) is 13.7. The number of hydrogen-bond donors (Lipinski definition) is 0. The van der Waals surface area contributed by atoms with Crippen molar-refractivity contribution in [2.45, 2.75) is 30.4 Å². The summed E-state index contributed by atoms with van der Waals surface area (Å²) in [5.74, 6) is 0.285. The van der Waals surface area contributed by atoms with Gasteiger partial charge in [0.2, 0.25) is 0 Å². The average molecular weight is 390 g/mol. The summed E-state index contributed by atoms with van der Waals surface area (Å²) < 4.78 is 52.5. The zero-order valence-electron chi connectivity index (χ0n) is 14.5. The molecule has 1 atom stereocenters. The molecule has 9 heteroatoms. The highest BCUT2D eigenvalue weighted by Crippen LogP contribution is 2.49. The molecule has 0 bridgehead atoms. The van der Waals surface area contributed by atoms with E-state index in [1.54, 1.807) is 32.0 Å². The van der Waals surface area contributed by atoms with Gasteiger partial charge in [-0.1, -0.05) is 24.3 Å². The molecule has 0 fully saturated rings. The fourth-order valence-corrected chi connectivity index (χ4v) is 4.98. The molecule has 0 amide bonds. The monoisotopic (exact) mass is 390 g/mol. The minimum absolute atomic E-state index is 0.0107. The van der Waals surface area contributed by atoms with Gasteiger partial charge in [-0.2, -0.15) is 0 Å². The van der Waals surface area contributed by atoms with Crippen molar-refractivity contribution in [3.63, 3.8) is 0 Å². The fraction of sp³-hybridized carbons (Fsp3) is 0.438. The summed E-state index contributed by atoms with van der Waals surface area (Å²) in [5, 5.41) is -1.45. The molecule has 0 saturated carbocycles. The topological polar surface area (TPSA) is 96.0 Å². The maximum atomic E-state index is 12.7. The first-order valence-electron chi connectivity index (χ1n) is 7.74. The van der Waals surface area contributed by atoms with Gasteiger partial charge in [0, 0.05) is 5.82 Å². The lowest BCUT2D eigenvalue weighted by atomic mass is 10.3. The fourth-order valence-electron chi connectivity index (χ4n) is 2.05. The average Bonchev–Trinajstić information content (AvgIpc) is 2.59. The molecule has 1 rings (SSSR count). The number of rotatable bonds is 10. The van der Waals surface area contributed by atoms with E-state index in [2.05, 4.69) is 4.74 Å². The van der Waals surface area contributed by atoms with Crippen LogP contribution in [0.4, 0.5) is 0 Å². The van der Waals surface area contributed by atoms with Crippen LogP contribution in [-0.2, 0) is 33.0 Å². The van der Waals surface area contributed by atoms with Crippen molar-refractivity contribution >= 4 is 23.4 Å². The predicted molar refractivity (Wildman–Crippen MR) is 94.0 cm³/mol. The van der Waals surface area contributed by atoms with E-state index in [0.717, 1.165) is 7.11 Å². The maximum absolute atomic E-state index is 12.7. The highest BCUT2D eigenvalue weighted by molar-refractivity contribution is 7.92. The smallest absolute Gasteiger partial charge is 0.353 e. The molecule has 0 heterocycles. The van der Waals surface area contributed by atoms with E-state index in [9.17, 15) is 17.8 Å². The third kappa shape index (κ3) is 6.08. The van der Waals surface area contributed by atoms with Gasteiger partial charge in [0.25, 0.3) is 0 Å². The molecule has 0 aliphatic heterocycles. The van der Waals surface area contributed by atoms with Crippen LogP contribution in [0.1, 0.15) is 20.3 Å². The highest BCUT2D eigenvalue weighted by atomic mass is 32.2. The minimum Gasteiger partial charge on any atom is -0.468 e. The number of hydrogen-bond acceptors (Lipinski definition) is 7. The molecule has 1 aromatic carbocycles. The lowest BCUT2D eigenvalue weighted by Gasteiger charge is -2.15. The third-order valence-corrected chi connectivity index (χ3v) is 7.04. The first kappa shape index (κ1) is 21.6. The molecular formula is C16H23O7PS. The molecule has 0 N–H and O–H groups in total. The summed E-state index contributed by atoms with van der Waals surface area (Å²) in [6.07, 6.45) is 1.10. The van der Waals surface area contributed by atoms with Crippen molar-refractivity contribution < 1.29 is 31.6 Å². The van der Waals surface area contributed by atoms with E-state index in [-0.39, 0.29) is 24.5 Å². The minimum atomic E-state index is -3.95. The van der Waals surface area contributed by atoms with Gasteiger partial charge in [-0.05, 0) is 32.4 Å². The molecule has 0 saturated heterocycles. The zero-order valence-corrected chi connectivity index (χ0v) is 16.2. The van der Waals surface area contributed by atoms with Gasteiger partial charge in [0.05, 0.1) is 25.2 Å². The Morgan fingerprint density at radius 3 is 2.20 bits per heavy atom. The van der Waals surface area contributed by atoms with Gasteiger partial charge in [-0.25, -0.2) is 8.42 Å². The zero-order chi connectivity index (χ0) is 18.9. The van der Waals surface area contributed by atoms with E-state index >= 15 is 0 Å². The Balaban J connectivity index is 3.08. The van der Waals surface area contributed by atoms with Crippen LogP contribution in [0.3, 0.4) is 0 Å². The Bertz CT molecular complexity index is 718. The van der Waals surface area contributed by atoms with Gasteiger partial charge >= 0.3 is 13.6 Å². The standard InChI is InChI=1S/C16H23O7PS/c1-4-22-24(18,23-5-2)13-9-12-15(16(17)21-3)25(19,20)14-10-7-6-8-11-14/h6-11,13,15H,4-5,12H2,1-3H3/b13-9+. The van der Waals surface area contributed by atoms with Crippen LogP contribution in [0, 0.1) is 0 Å². The van der Waals surface area contributed by atoms with Crippen molar-refractivity contribution in [2.24, 2.45) is 0 Å². The summed E-state index contributed by atoms with van der Waals surface area (Å²) in [6.45, 7) is 3.67. The number of esters is 1. The largest absolute Gasteiger partial charge is 0.468 e. The van der Waals surface area contributed by atoms with Crippen LogP contribution in [0.25, 0.3) is 0 Å². The number of carbonyl (C=O) groups is 1. The lowest BCUT2D eigenvalue weighted by Crippen LogP contribution is -2.31. The van der Waals surface area contributed by atoms with Gasteiger partial charge in [0.15, 0.2) is 15.1 Å². The number of carbonyl (C=O) groups excluding carboxylic acids is 1. The predicted octanol–water partition coefficient (Wildman–Crippen LogP) is 3.17. The van der Waals surface area contributed by atoms with Gasteiger partial charge < -0.3 is 13.8 Å². The molecule has 1 unspecified atom stereocenters. The second-order valence-electron chi connectivity index (χ2n) is 4.87. The van der Waals surface area contributed by atoms with Crippen molar-refractivity contribution in [1.82, 2.24) is 0 Å². The van der Waals surface area contributed by atoms with Crippen molar-refractivity contribution in [1.29, 1.82) is 0 Å². The van der Waals surface area contributed by atoms with E-state index in [1.807, 2.05) is 0 Å². The van der Waals surface area contributed by atoms with E-state index in [0.29, 0.717) is 0 Å². The Hall–Kier alpha value is -1.47. The third-order valence-electron chi connectivity index (χ3n) is 3.17. The van der Waals surface area contributed by atoms with Gasteiger partial charge in [-0.15, -0.1) is 0 Å². The molecule has 25 heavy (non-hydrogen) atoms. The van der Waals surface area contributed by atoms with Crippen molar-refractivity contribution in [3.8, 4) is 0 Å². The second kappa shape index (κ2) is 9.87. The summed E-state index contributed by atoms with van der Waals surface area (Å²) in [6, 6.07) is 7.61. The Kier molecular flexibility index (Phi) is 8.52. The Morgan fingerprint density at radius 1 is 1.16 bits per heavy atom. The molecule has 0 aliphatic carbocycles. The maximum Gasteiger partial charge on any atom is 0.353 e. The number of methoxy groups -OCH3 is 1. The first-order chi connectivity index (χ1) is 11.8. The molecule has 140 valence electrons. The number of allylic oxidation sites excluding steroid dienone is 1. The van der Waals surface area contributed by atoms with Crippen LogP contribution in [0.5, 0.6) is 0 Å². The van der Waals surface area contributed by atoms with Crippen LogP contribution in [0.2, 0.25) is 0 Å². The van der Waals surface area contributed by atoms with E-state index in [1.165, 1.54) is 24.0 Å². The summed E-state index contributed by atoms with van der Waals surface area (Å²) in [7, 11) is -6.30. The molecule has 0 radical (unpaired) electrons. The molecule has 7 nitrogen and oxygen atoms in total. The van der Waals surface area contributed by atoms with Crippen molar-refractivity contribution in [2.75, 3.05) is 20.3 Å². The first-order valence-corrected chi connectivity index (χ1v) is 10.9. The highest BCUT2D eigenvalue weighted by Gasteiger charge is 2.34. The summed E-state index contributed by atoms with van der Waals surface area (Å²) in [5.41, 5.74) is 0. The van der Waals surface area contributed by atoms with Crippen LogP contribution in [-0.4, -0.2) is 40.0 Å². The summed E-state index contributed by atoms with van der Waals surface area (Å²) in [4.78, 5) is 12.0. The molecule has 1 aromatic rings. The van der Waals surface area contributed by atoms with Crippen LogP contribution < -0.4 is 0 Å². The van der Waals surface area contributed by atoms with Gasteiger partial charge in [-0.3, -0.25) is 9.36 Å². The number of ether oxygens (including phenoxy) is 1. The Morgan fingerprint density at radius 2 is 1.72 bits per heavy atom. The van der Waals surface area contributed by atoms with Gasteiger partial charge in [0.1, 0.15) is 0 Å². The lowest BCUT2D eigenvalue weighted by molar-refractivity contribution is -0.140. The van der Waals surface area contributed by atoms with Crippen molar-refractivity contribution in [3.05, 3.63) is 42.2 Å². The van der Waals surface area contributed by atoms with E-state index < -0.39 is 28.7 Å². The van der Waals surface area contributed by atoms with E-state index in [4.69, 9.17) is 9.05 Å². The number of sulfone groups is 1. The molecule has 0 aromatic heterocycles. The Labute approximate surface area is 148 Å². The quantitative estimate of drug-likeness (QED) is 0.447. The SMILES string of the molecule is CCOP(=O)(/C=C/CC(C(=O)OC)S(=O)(=O)c1ccccc1)OCC. The van der Waals surface area contributed by atoms with Crippen LogP contribution in [0.15, 0.2) is 47.1 Å². The molecular weight excluding hydrogens is 367 g/mol.